The lowest BCUT2D eigenvalue weighted by Gasteiger charge is -2.06. The highest BCUT2D eigenvalue weighted by atomic mass is 15.3. The minimum Gasteiger partial charge on any atom is -0.388 e. The van der Waals surface area contributed by atoms with E-state index in [0.717, 1.165) is 17.1 Å². The summed E-state index contributed by atoms with van der Waals surface area (Å²) < 4.78 is 1.87. The van der Waals surface area contributed by atoms with Gasteiger partial charge in [-0.05, 0) is 18.2 Å². The van der Waals surface area contributed by atoms with Crippen molar-refractivity contribution in [2.75, 3.05) is 12.4 Å². The maximum Gasteiger partial charge on any atom is 0.255 e. The number of benzene rings is 1. The molecule has 0 amide bonds. The molecule has 0 radical (unpaired) electrons. The Hall–Kier alpha value is -2.43. The fourth-order valence-corrected chi connectivity index (χ4v) is 1.82. The van der Waals surface area contributed by atoms with Gasteiger partial charge >= 0.3 is 0 Å². The predicted molar refractivity (Wildman–Crippen MR) is 65.8 cm³/mol. The Morgan fingerprint density at radius 3 is 2.88 bits per heavy atom. The summed E-state index contributed by atoms with van der Waals surface area (Å²) >= 11 is 0. The molecule has 0 fully saturated rings. The van der Waals surface area contributed by atoms with Crippen molar-refractivity contribution in [3.05, 3.63) is 42.7 Å². The van der Waals surface area contributed by atoms with Gasteiger partial charge in [-0.2, -0.15) is 0 Å². The molecule has 84 valence electrons. The minimum absolute atomic E-state index is 0.605. The molecule has 0 saturated heterocycles. The lowest BCUT2D eigenvalue weighted by molar-refractivity contribution is 1.10. The number of aromatic nitrogens is 4. The lowest BCUT2D eigenvalue weighted by atomic mass is 10.1. The van der Waals surface area contributed by atoms with E-state index in [-0.39, 0.29) is 0 Å². The third kappa shape index (κ3) is 1.52. The maximum atomic E-state index is 4.18. The van der Waals surface area contributed by atoms with Crippen LogP contribution in [0.4, 0.5) is 5.69 Å². The van der Waals surface area contributed by atoms with Crippen LogP contribution in [0.1, 0.15) is 0 Å². The summed E-state index contributed by atoms with van der Waals surface area (Å²) in [6, 6.07) is 9.84. The van der Waals surface area contributed by atoms with Gasteiger partial charge in [0.1, 0.15) is 0 Å². The number of hydrogen-bond donors (Lipinski definition) is 1. The Kier molecular flexibility index (Phi) is 2.22. The normalized spacial score (nSPS) is 10.6. The van der Waals surface area contributed by atoms with Crippen LogP contribution >= 0.6 is 0 Å². The van der Waals surface area contributed by atoms with E-state index >= 15 is 0 Å². The highest BCUT2D eigenvalue weighted by Gasteiger charge is 2.10. The number of fused-ring (bicyclic) bond motifs is 1. The summed E-state index contributed by atoms with van der Waals surface area (Å²) in [7, 11) is 1.89. The van der Waals surface area contributed by atoms with E-state index in [4.69, 9.17) is 0 Å². The molecule has 0 saturated carbocycles. The Morgan fingerprint density at radius 1 is 1.12 bits per heavy atom. The molecule has 5 heteroatoms. The fourth-order valence-electron chi connectivity index (χ4n) is 1.82. The predicted octanol–water partition coefficient (Wildman–Crippen LogP) is 1.83. The van der Waals surface area contributed by atoms with Gasteiger partial charge in [-0.15, -0.1) is 10.2 Å². The van der Waals surface area contributed by atoms with Crippen molar-refractivity contribution >= 4 is 11.5 Å². The third-order valence-corrected chi connectivity index (χ3v) is 2.63. The molecule has 3 rings (SSSR count). The molecule has 2 heterocycles. The van der Waals surface area contributed by atoms with Gasteiger partial charge in [-0.1, -0.05) is 12.1 Å². The first-order valence-corrected chi connectivity index (χ1v) is 5.33. The summed E-state index contributed by atoms with van der Waals surface area (Å²) in [6.45, 7) is 0. The van der Waals surface area contributed by atoms with Gasteiger partial charge in [-0.25, -0.2) is 4.98 Å². The average molecular weight is 225 g/mol. The van der Waals surface area contributed by atoms with Crippen LogP contribution < -0.4 is 5.32 Å². The molecule has 1 N–H and O–H groups in total. The first-order chi connectivity index (χ1) is 8.40. The van der Waals surface area contributed by atoms with Crippen LogP contribution in [0.15, 0.2) is 42.7 Å². The maximum absolute atomic E-state index is 4.18. The van der Waals surface area contributed by atoms with Crippen LogP contribution in [0.5, 0.6) is 0 Å². The van der Waals surface area contributed by atoms with Gasteiger partial charge in [0.2, 0.25) is 0 Å². The number of rotatable bonds is 2. The molecule has 0 spiro atoms. The van der Waals surface area contributed by atoms with Gasteiger partial charge in [0.05, 0.1) is 0 Å². The van der Waals surface area contributed by atoms with E-state index in [2.05, 4.69) is 20.5 Å². The average Bonchev–Trinajstić information content (AvgIpc) is 2.82. The molecule has 0 aliphatic rings. The zero-order chi connectivity index (χ0) is 11.7. The summed E-state index contributed by atoms with van der Waals surface area (Å²) in [5, 5.41) is 11.4. The second-order valence-corrected chi connectivity index (χ2v) is 3.61. The second-order valence-electron chi connectivity index (χ2n) is 3.61. The Bertz CT molecular complexity index is 659. The minimum atomic E-state index is 0.605. The summed E-state index contributed by atoms with van der Waals surface area (Å²) in [5.41, 5.74) is 2.03. The van der Waals surface area contributed by atoms with Gasteiger partial charge in [-0.3, -0.25) is 4.40 Å². The molecule has 0 atom stereocenters. The molecule has 17 heavy (non-hydrogen) atoms. The molecule has 1 aromatic carbocycles. The lowest BCUT2D eigenvalue weighted by Crippen LogP contribution is -1.95. The van der Waals surface area contributed by atoms with Gasteiger partial charge in [0.15, 0.2) is 5.82 Å². The van der Waals surface area contributed by atoms with Crippen LogP contribution in [-0.2, 0) is 0 Å². The van der Waals surface area contributed by atoms with E-state index in [1.807, 2.05) is 48.0 Å². The third-order valence-electron chi connectivity index (χ3n) is 2.63. The van der Waals surface area contributed by atoms with Crippen molar-refractivity contribution in [1.82, 2.24) is 19.6 Å². The van der Waals surface area contributed by atoms with Crippen molar-refractivity contribution < 1.29 is 0 Å². The number of anilines is 1. The SMILES string of the molecule is CNc1ccccc1-c1nnc2ncccn12. The molecule has 2 aromatic heterocycles. The molecule has 3 aromatic rings. The van der Waals surface area contributed by atoms with E-state index in [1.54, 1.807) is 6.20 Å². The largest absolute Gasteiger partial charge is 0.388 e. The Labute approximate surface area is 98.1 Å². The zero-order valence-electron chi connectivity index (χ0n) is 9.33. The van der Waals surface area contributed by atoms with Crippen LogP contribution in [0.3, 0.4) is 0 Å². The first kappa shape index (κ1) is 9.77. The summed E-state index contributed by atoms with van der Waals surface area (Å²) in [4.78, 5) is 4.15. The molecule has 0 aliphatic carbocycles. The fraction of sp³-hybridized carbons (Fsp3) is 0.0833. The Morgan fingerprint density at radius 2 is 2.00 bits per heavy atom. The van der Waals surface area contributed by atoms with E-state index in [0.29, 0.717) is 5.78 Å². The number of nitrogens with zero attached hydrogens (tertiary/aromatic N) is 4. The summed E-state index contributed by atoms with van der Waals surface area (Å²) in [5.74, 6) is 1.39. The van der Waals surface area contributed by atoms with Crippen molar-refractivity contribution in [2.24, 2.45) is 0 Å². The van der Waals surface area contributed by atoms with Crippen molar-refractivity contribution in [3.63, 3.8) is 0 Å². The molecule has 0 unspecified atom stereocenters. The quantitative estimate of drug-likeness (QED) is 0.723. The second kappa shape index (κ2) is 3.86. The number of nitrogens with one attached hydrogen (secondary N) is 1. The molecular formula is C12H11N5. The van der Waals surface area contributed by atoms with E-state index in [9.17, 15) is 0 Å². The van der Waals surface area contributed by atoms with Crippen LogP contribution in [0, 0.1) is 0 Å². The van der Waals surface area contributed by atoms with Crippen LogP contribution in [0.25, 0.3) is 17.2 Å². The molecular weight excluding hydrogens is 214 g/mol. The summed E-state index contributed by atoms with van der Waals surface area (Å²) in [6.07, 6.45) is 3.61. The van der Waals surface area contributed by atoms with Crippen molar-refractivity contribution in [3.8, 4) is 11.4 Å². The molecule has 0 aliphatic heterocycles. The van der Waals surface area contributed by atoms with Crippen LogP contribution in [-0.4, -0.2) is 26.6 Å². The van der Waals surface area contributed by atoms with Gasteiger partial charge in [0.25, 0.3) is 5.78 Å². The van der Waals surface area contributed by atoms with E-state index < -0.39 is 0 Å². The number of hydrogen-bond acceptors (Lipinski definition) is 4. The van der Waals surface area contributed by atoms with Crippen LogP contribution in [0.2, 0.25) is 0 Å². The van der Waals surface area contributed by atoms with E-state index in [1.165, 1.54) is 0 Å². The van der Waals surface area contributed by atoms with Gasteiger partial charge < -0.3 is 5.32 Å². The van der Waals surface area contributed by atoms with Gasteiger partial charge in [0, 0.05) is 30.7 Å². The standard InChI is InChI=1S/C12H11N5/c1-13-10-6-3-2-5-9(10)11-15-16-12-14-7-4-8-17(11)12/h2-8,13H,1H3. The topological polar surface area (TPSA) is 55.1 Å². The Balaban J connectivity index is 2.27. The molecule has 5 nitrogen and oxygen atoms in total. The van der Waals surface area contributed by atoms with Crippen molar-refractivity contribution in [1.29, 1.82) is 0 Å². The molecule has 0 bridgehead atoms. The first-order valence-electron chi connectivity index (χ1n) is 5.33. The van der Waals surface area contributed by atoms with Crippen molar-refractivity contribution in [2.45, 2.75) is 0 Å². The smallest absolute Gasteiger partial charge is 0.255 e. The zero-order valence-corrected chi connectivity index (χ0v) is 9.33. The highest BCUT2D eigenvalue weighted by molar-refractivity contribution is 5.74. The highest BCUT2D eigenvalue weighted by Crippen LogP contribution is 2.25. The number of para-hydroxylation sites is 1. The monoisotopic (exact) mass is 225 g/mol.